The van der Waals surface area contributed by atoms with Gasteiger partial charge in [0.15, 0.2) is 0 Å². The van der Waals surface area contributed by atoms with Crippen molar-refractivity contribution in [3.63, 3.8) is 0 Å². The van der Waals surface area contributed by atoms with E-state index < -0.39 is 0 Å². The zero-order valence-corrected chi connectivity index (χ0v) is 11.0. The number of anilines is 2. The molecule has 0 atom stereocenters. The lowest BCUT2D eigenvalue weighted by molar-refractivity contribution is 0.631. The van der Waals surface area contributed by atoms with Crippen LogP contribution in [-0.4, -0.2) is 4.98 Å². The Kier molecular flexibility index (Phi) is 3.34. The van der Waals surface area contributed by atoms with Crippen molar-refractivity contribution in [2.45, 2.75) is 25.7 Å². The van der Waals surface area contributed by atoms with Crippen molar-refractivity contribution in [2.75, 3.05) is 5.32 Å². The van der Waals surface area contributed by atoms with Crippen molar-refractivity contribution in [3.05, 3.63) is 53.0 Å². The molecule has 1 aliphatic rings. The highest BCUT2D eigenvalue weighted by Gasteiger charge is 2.15. The highest BCUT2D eigenvalue weighted by Crippen LogP contribution is 2.27. The first-order valence-electron chi connectivity index (χ1n) is 6.72. The fourth-order valence-corrected chi connectivity index (χ4v) is 2.50. The number of benzene rings is 1. The lowest BCUT2D eigenvalue weighted by atomic mass is 9.95. The van der Waals surface area contributed by atoms with Gasteiger partial charge in [0.05, 0.1) is 11.3 Å². The molecule has 0 amide bonds. The van der Waals surface area contributed by atoms with E-state index in [0.717, 1.165) is 36.9 Å². The van der Waals surface area contributed by atoms with Crippen LogP contribution >= 0.6 is 0 Å². The third-order valence-electron chi connectivity index (χ3n) is 3.55. The number of rotatable bonds is 2. The molecule has 1 aliphatic carbocycles. The Morgan fingerprint density at radius 1 is 1.20 bits per heavy atom. The lowest BCUT2D eigenvalue weighted by Gasteiger charge is -2.17. The second-order valence-electron chi connectivity index (χ2n) is 4.91. The molecular weight excluding hydrogens is 253 g/mol. The van der Waals surface area contributed by atoms with Gasteiger partial charge in [-0.15, -0.1) is 0 Å². The summed E-state index contributed by atoms with van der Waals surface area (Å²) >= 11 is 0. The quantitative estimate of drug-likeness (QED) is 0.902. The number of para-hydroxylation sites is 1. The van der Waals surface area contributed by atoms with E-state index in [4.69, 9.17) is 0 Å². The molecular formula is C16H14FN3. The molecule has 3 rings (SSSR count). The lowest BCUT2D eigenvalue weighted by Crippen LogP contribution is -2.09. The van der Waals surface area contributed by atoms with Crippen LogP contribution in [0.3, 0.4) is 0 Å². The molecule has 1 aromatic heterocycles. The Morgan fingerprint density at radius 2 is 2.00 bits per heavy atom. The van der Waals surface area contributed by atoms with Gasteiger partial charge in [-0.1, -0.05) is 12.1 Å². The first-order valence-corrected chi connectivity index (χ1v) is 6.72. The minimum Gasteiger partial charge on any atom is -0.337 e. The number of hydrogen-bond donors (Lipinski definition) is 1. The van der Waals surface area contributed by atoms with E-state index in [1.807, 2.05) is 6.07 Å². The van der Waals surface area contributed by atoms with Gasteiger partial charge in [0.2, 0.25) is 0 Å². The number of nitrogens with one attached hydrogen (secondary N) is 1. The molecule has 1 N–H and O–H groups in total. The summed E-state index contributed by atoms with van der Waals surface area (Å²) in [4.78, 5) is 4.52. The fourth-order valence-electron chi connectivity index (χ4n) is 2.50. The predicted molar refractivity (Wildman–Crippen MR) is 75.3 cm³/mol. The van der Waals surface area contributed by atoms with Gasteiger partial charge in [-0.2, -0.15) is 5.26 Å². The van der Waals surface area contributed by atoms with Crippen molar-refractivity contribution in [1.82, 2.24) is 4.98 Å². The van der Waals surface area contributed by atoms with Crippen LogP contribution in [0.15, 0.2) is 30.3 Å². The maximum atomic E-state index is 13.7. The second-order valence-corrected chi connectivity index (χ2v) is 4.91. The normalized spacial score (nSPS) is 13.4. The van der Waals surface area contributed by atoms with Crippen LogP contribution in [0.25, 0.3) is 0 Å². The van der Waals surface area contributed by atoms with Gasteiger partial charge >= 0.3 is 0 Å². The minimum atomic E-state index is -0.351. The molecule has 4 heteroatoms. The van der Waals surface area contributed by atoms with Gasteiger partial charge in [-0.3, -0.25) is 0 Å². The van der Waals surface area contributed by atoms with Gasteiger partial charge in [0.1, 0.15) is 17.7 Å². The van der Waals surface area contributed by atoms with E-state index in [-0.39, 0.29) is 5.82 Å². The number of halogens is 1. The molecule has 1 aromatic carbocycles. The predicted octanol–water partition coefficient (Wildman–Crippen LogP) is 3.71. The third-order valence-corrected chi connectivity index (χ3v) is 3.55. The first kappa shape index (κ1) is 12.6. The average molecular weight is 267 g/mol. The van der Waals surface area contributed by atoms with Crippen LogP contribution in [-0.2, 0) is 12.8 Å². The van der Waals surface area contributed by atoms with Gasteiger partial charge in [0, 0.05) is 5.69 Å². The van der Waals surface area contributed by atoms with Crippen LogP contribution in [0.5, 0.6) is 0 Å². The van der Waals surface area contributed by atoms with Crippen molar-refractivity contribution in [3.8, 4) is 6.07 Å². The monoisotopic (exact) mass is 267 g/mol. The SMILES string of the molecule is N#Cc1cc2c(nc1Nc1ccccc1F)CCCC2. The number of nitriles is 1. The van der Waals surface area contributed by atoms with Crippen LogP contribution in [0.4, 0.5) is 15.9 Å². The Balaban J connectivity index is 2.01. The van der Waals surface area contributed by atoms with E-state index in [0.29, 0.717) is 17.1 Å². The molecule has 0 fully saturated rings. The van der Waals surface area contributed by atoms with E-state index in [9.17, 15) is 9.65 Å². The highest BCUT2D eigenvalue weighted by molar-refractivity contribution is 5.64. The Bertz CT molecular complexity index is 689. The third kappa shape index (κ3) is 2.35. The smallest absolute Gasteiger partial charge is 0.148 e. The molecule has 2 aromatic rings. The van der Waals surface area contributed by atoms with Crippen LogP contribution in [0.2, 0.25) is 0 Å². The highest BCUT2D eigenvalue weighted by atomic mass is 19.1. The molecule has 0 aliphatic heterocycles. The van der Waals surface area contributed by atoms with Crippen LogP contribution in [0.1, 0.15) is 29.7 Å². The van der Waals surface area contributed by atoms with Crippen molar-refractivity contribution in [2.24, 2.45) is 0 Å². The number of hydrogen-bond acceptors (Lipinski definition) is 3. The Hall–Kier alpha value is -2.41. The average Bonchev–Trinajstić information content (AvgIpc) is 2.49. The summed E-state index contributed by atoms with van der Waals surface area (Å²) in [6.45, 7) is 0. The molecule has 100 valence electrons. The molecule has 0 radical (unpaired) electrons. The fraction of sp³-hybridized carbons (Fsp3) is 0.250. The summed E-state index contributed by atoms with van der Waals surface area (Å²) in [5, 5.41) is 12.2. The van der Waals surface area contributed by atoms with E-state index in [1.165, 1.54) is 6.07 Å². The second kappa shape index (κ2) is 5.30. The topological polar surface area (TPSA) is 48.7 Å². The minimum absolute atomic E-state index is 0.340. The van der Waals surface area contributed by atoms with Gasteiger partial charge in [0.25, 0.3) is 0 Å². The van der Waals surface area contributed by atoms with Gasteiger partial charge < -0.3 is 5.32 Å². The molecule has 0 spiro atoms. The summed E-state index contributed by atoms with van der Waals surface area (Å²) in [6.07, 6.45) is 4.15. The first-order chi connectivity index (χ1) is 9.78. The zero-order chi connectivity index (χ0) is 13.9. The number of fused-ring (bicyclic) bond motifs is 1. The molecule has 0 unspecified atom stereocenters. The summed E-state index contributed by atoms with van der Waals surface area (Å²) < 4.78 is 13.7. The van der Waals surface area contributed by atoms with Crippen LogP contribution < -0.4 is 5.32 Å². The summed E-state index contributed by atoms with van der Waals surface area (Å²) in [5.41, 5.74) is 2.97. The van der Waals surface area contributed by atoms with E-state index >= 15 is 0 Å². The Labute approximate surface area is 117 Å². The molecule has 3 nitrogen and oxygen atoms in total. The molecule has 0 saturated heterocycles. The standard InChI is InChI=1S/C16H14FN3/c17-13-6-2-4-8-15(13)20-16-12(10-18)9-11-5-1-3-7-14(11)19-16/h2,4,6,8-9H,1,3,5,7H2,(H,19,20). The van der Waals surface area contributed by atoms with Crippen LogP contribution in [0, 0.1) is 17.1 Å². The molecule has 0 saturated carbocycles. The Morgan fingerprint density at radius 3 is 2.80 bits per heavy atom. The van der Waals surface area contributed by atoms with Crippen molar-refractivity contribution in [1.29, 1.82) is 5.26 Å². The summed E-state index contributed by atoms with van der Waals surface area (Å²) in [7, 11) is 0. The summed E-state index contributed by atoms with van der Waals surface area (Å²) in [6, 6.07) is 10.4. The number of nitrogens with zero attached hydrogens (tertiary/aromatic N) is 2. The molecule has 1 heterocycles. The van der Waals surface area contributed by atoms with Gasteiger partial charge in [-0.25, -0.2) is 9.37 Å². The van der Waals surface area contributed by atoms with E-state index in [2.05, 4.69) is 16.4 Å². The van der Waals surface area contributed by atoms with Gasteiger partial charge in [-0.05, 0) is 49.4 Å². The van der Waals surface area contributed by atoms with Crippen molar-refractivity contribution >= 4 is 11.5 Å². The number of pyridine rings is 1. The number of aryl methyl sites for hydroxylation is 2. The zero-order valence-electron chi connectivity index (χ0n) is 11.0. The maximum Gasteiger partial charge on any atom is 0.148 e. The number of aromatic nitrogens is 1. The maximum absolute atomic E-state index is 13.7. The summed E-state index contributed by atoms with van der Waals surface area (Å²) in [5.74, 6) is 0.0918. The largest absolute Gasteiger partial charge is 0.337 e. The van der Waals surface area contributed by atoms with E-state index in [1.54, 1.807) is 18.2 Å². The van der Waals surface area contributed by atoms with Crippen molar-refractivity contribution < 1.29 is 4.39 Å². The molecule has 0 bridgehead atoms. The molecule has 20 heavy (non-hydrogen) atoms.